The van der Waals surface area contributed by atoms with Gasteiger partial charge in [-0.1, -0.05) is 52.4 Å². The van der Waals surface area contributed by atoms with Gasteiger partial charge >= 0.3 is 5.69 Å². The average molecular weight is 310 g/mol. The van der Waals surface area contributed by atoms with Crippen LogP contribution in [0.1, 0.15) is 65.2 Å². The molecule has 0 radical (unpaired) electrons. The molecule has 0 spiro atoms. The van der Waals surface area contributed by atoms with Crippen LogP contribution in [0.15, 0.2) is 9.59 Å². The van der Waals surface area contributed by atoms with Gasteiger partial charge in [-0.05, 0) is 12.8 Å². The van der Waals surface area contributed by atoms with Crippen molar-refractivity contribution in [3.63, 3.8) is 0 Å². The predicted molar refractivity (Wildman–Crippen MR) is 92.1 cm³/mol. The summed E-state index contributed by atoms with van der Waals surface area (Å²) in [5, 5.41) is 0. The number of hydrogen-bond donors (Lipinski definition) is 2. The van der Waals surface area contributed by atoms with Crippen LogP contribution >= 0.6 is 0 Å². The first kappa shape index (κ1) is 18.3. The van der Waals surface area contributed by atoms with E-state index in [0.717, 1.165) is 51.4 Å². The van der Waals surface area contributed by atoms with Crippen molar-refractivity contribution in [3.8, 4) is 0 Å². The largest absolute Gasteiger partial charge is 0.391 e. The molecule has 0 aliphatic heterocycles. The molecule has 22 heavy (non-hydrogen) atoms. The minimum atomic E-state index is -0.455. The Kier molecular flexibility index (Phi) is 7.77. The van der Waals surface area contributed by atoms with Gasteiger partial charge in [-0.25, -0.2) is 4.79 Å². The quantitative estimate of drug-likeness (QED) is 0.648. The lowest BCUT2D eigenvalue weighted by Gasteiger charge is -2.15. The molecule has 1 aromatic rings. The van der Waals surface area contributed by atoms with E-state index in [1.807, 2.05) is 0 Å². The van der Waals surface area contributed by atoms with Gasteiger partial charge in [0.1, 0.15) is 11.5 Å². The molecule has 0 fully saturated rings. The van der Waals surface area contributed by atoms with Gasteiger partial charge in [-0.3, -0.25) is 13.9 Å². The Bertz CT molecular complexity index is 575. The maximum Gasteiger partial charge on any atom is 0.332 e. The summed E-state index contributed by atoms with van der Waals surface area (Å²) in [7, 11) is 0. The Morgan fingerprint density at radius 3 is 1.77 bits per heavy atom. The average Bonchev–Trinajstić information content (AvgIpc) is 2.51. The normalized spacial score (nSPS) is 11.0. The van der Waals surface area contributed by atoms with Gasteiger partial charge in [0.05, 0.1) is 0 Å². The van der Waals surface area contributed by atoms with Gasteiger partial charge in [0.15, 0.2) is 0 Å². The predicted octanol–water partition coefficient (Wildman–Crippen LogP) is 2.33. The van der Waals surface area contributed by atoms with Crippen molar-refractivity contribution in [2.45, 2.75) is 78.3 Å². The highest BCUT2D eigenvalue weighted by Gasteiger charge is 2.14. The molecule has 126 valence electrons. The van der Waals surface area contributed by atoms with Crippen LogP contribution in [0.3, 0.4) is 0 Å². The van der Waals surface area contributed by atoms with Crippen LogP contribution in [0.5, 0.6) is 0 Å². The third kappa shape index (κ3) is 4.64. The second kappa shape index (κ2) is 9.33. The van der Waals surface area contributed by atoms with E-state index in [2.05, 4.69) is 13.8 Å². The topological polar surface area (TPSA) is 96.0 Å². The second-order valence-electron chi connectivity index (χ2n) is 5.81. The molecule has 1 heterocycles. The molecule has 0 amide bonds. The summed E-state index contributed by atoms with van der Waals surface area (Å²) in [6.07, 6.45) is 8.18. The van der Waals surface area contributed by atoms with Crippen molar-refractivity contribution in [3.05, 3.63) is 20.8 Å². The lowest BCUT2D eigenvalue weighted by atomic mass is 10.2. The first-order valence-electron chi connectivity index (χ1n) is 8.43. The Morgan fingerprint density at radius 2 is 1.27 bits per heavy atom. The number of nitrogen functional groups attached to an aromatic ring is 2. The minimum Gasteiger partial charge on any atom is -0.391 e. The Balaban J connectivity index is 2.94. The van der Waals surface area contributed by atoms with Crippen molar-refractivity contribution in [1.29, 1.82) is 0 Å². The lowest BCUT2D eigenvalue weighted by molar-refractivity contribution is 0.503. The highest BCUT2D eigenvalue weighted by Crippen LogP contribution is 2.09. The molecule has 6 heteroatoms. The molecular weight excluding hydrogens is 280 g/mol. The van der Waals surface area contributed by atoms with Crippen molar-refractivity contribution in [2.75, 3.05) is 11.5 Å². The molecule has 0 unspecified atom stereocenters. The van der Waals surface area contributed by atoms with E-state index < -0.39 is 5.56 Å². The SMILES string of the molecule is CCCCCCn1c(N)c(N)c(=O)n(CCCCCC)c1=O. The number of hydrogen-bond acceptors (Lipinski definition) is 4. The fraction of sp³-hybridized carbons (Fsp3) is 0.750. The Morgan fingerprint density at radius 1 is 0.773 bits per heavy atom. The van der Waals surface area contributed by atoms with E-state index in [0.29, 0.717) is 13.1 Å². The van der Waals surface area contributed by atoms with E-state index in [1.165, 1.54) is 9.13 Å². The van der Waals surface area contributed by atoms with Gasteiger partial charge < -0.3 is 11.5 Å². The van der Waals surface area contributed by atoms with Crippen LogP contribution < -0.4 is 22.7 Å². The summed E-state index contributed by atoms with van der Waals surface area (Å²) < 4.78 is 2.69. The van der Waals surface area contributed by atoms with Crippen LogP contribution in [0.2, 0.25) is 0 Å². The van der Waals surface area contributed by atoms with Crippen LogP contribution in [0.4, 0.5) is 11.5 Å². The van der Waals surface area contributed by atoms with E-state index >= 15 is 0 Å². The van der Waals surface area contributed by atoms with Gasteiger partial charge in [0.25, 0.3) is 5.56 Å². The summed E-state index contributed by atoms with van der Waals surface area (Å²) in [4.78, 5) is 24.6. The second-order valence-corrected chi connectivity index (χ2v) is 5.81. The first-order chi connectivity index (χ1) is 10.5. The molecule has 0 saturated heterocycles. The van der Waals surface area contributed by atoms with Crippen molar-refractivity contribution < 1.29 is 0 Å². The molecule has 0 aliphatic carbocycles. The van der Waals surface area contributed by atoms with Gasteiger partial charge in [-0.15, -0.1) is 0 Å². The molecule has 0 aromatic carbocycles. The van der Waals surface area contributed by atoms with Crippen LogP contribution in [-0.4, -0.2) is 9.13 Å². The molecule has 1 aromatic heterocycles. The van der Waals surface area contributed by atoms with Crippen molar-refractivity contribution in [1.82, 2.24) is 9.13 Å². The molecule has 6 nitrogen and oxygen atoms in total. The summed E-state index contributed by atoms with van der Waals surface area (Å²) in [6, 6.07) is 0. The molecule has 1 rings (SSSR count). The zero-order valence-corrected chi connectivity index (χ0v) is 13.9. The minimum absolute atomic E-state index is 0.00872. The van der Waals surface area contributed by atoms with E-state index in [-0.39, 0.29) is 17.2 Å². The number of rotatable bonds is 10. The van der Waals surface area contributed by atoms with E-state index in [1.54, 1.807) is 0 Å². The molecule has 0 bridgehead atoms. The summed E-state index contributed by atoms with van der Waals surface area (Å²) in [6.45, 7) is 5.19. The van der Waals surface area contributed by atoms with Crippen molar-refractivity contribution in [2.24, 2.45) is 0 Å². The van der Waals surface area contributed by atoms with Crippen LogP contribution in [0, 0.1) is 0 Å². The molecule has 0 aliphatic rings. The summed E-state index contributed by atoms with van der Waals surface area (Å²) in [5.74, 6) is 0.108. The van der Waals surface area contributed by atoms with E-state index in [4.69, 9.17) is 11.5 Å². The third-order valence-electron chi connectivity index (χ3n) is 3.97. The monoisotopic (exact) mass is 310 g/mol. The van der Waals surface area contributed by atoms with Crippen LogP contribution in [-0.2, 0) is 13.1 Å². The smallest absolute Gasteiger partial charge is 0.332 e. The van der Waals surface area contributed by atoms with Gasteiger partial charge in [-0.2, -0.15) is 0 Å². The van der Waals surface area contributed by atoms with E-state index in [9.17, 15) is 9.59 Å². The number of aromatic nitrogens is 2. The Hall–Kier alpha value is -1.72. The van der Waals surface area contributed by atoms with Gasteiger partial charge in [0.2, 0.25) is 0 Å². The molecule has 0 saturated carbocycles. The zero-order chi connectivity index (χ0) is 16.5. The maximum absolute atomic E-state index is 12.5. The maximum atomic E-state index is 12.5. The standard InChI is InChI=1S/C16H30N4O2/c1-3-5-7-9-11-19-14(18)13(17)15(21)20(16(19)22)12-10-8-6-4-2/h3-12,17-18H2,1-2H3. The molecule has 0 atom stereocenters. The number of nitrogens with two attached hydrogens (primary N) is 2. The fourth-order valence-corrected chi connectivity index (χ4v) is 2.54. The van der Waals surface area contributed by atoms with Crippen LogP contribution in [0.25, 0.3) is 0 Å². The Labute approximate surface area is 132 Å². The lowest BCUT2D eigenvalue weighted by Crippen LogP contribution is -2.42. The summed E-state index contributed by atoms with van der Waals surface area (Å²) >= 11 is 0. The fourth-order valence-electron chi connectivity index (χ4n) is 2.54. The molecule has 4 N–H and O–H groups in total. The number of unbranched alkanes of at least 4 members (excludes halogenated alkanes) is 6. The number of anilines is 2. The third-order valence-corrected chi connectivity index (χ3v) is 3.97. The number of nitrogens with zero attached hydrogens (tertiary/aromatic N) is 2. The summed E-state index contributed by atoms with van der Waals surface area (Å²) in [5.41, 5.74) is 10.9. The first-order valence-corrected chi connectivity index (χ1v) is 8.43. The zero-order valence-electron chi connectivity index (χ0n) is 13.9. The molecular formula is C16H30N4O2. The van der Waals surface area contributed by atoms with Crippen molar-refractivity contribution >= 4 is 11.5 Å². The van der Waals surface area contributed by atoms with Gasteiger partial charge in [0, 0.05) is 13.1 Å². The highest BCUT2D eigenvalue weighted by atomic mass is 16.2. The highest BCUT2D eigenvalue weighted by molar-refractivity contribution is 5.56.